The van der Waals surface area contributed by atoms with Crippen LogP contribution in [0, 0.1) is 11.3 Å². The standard InChI is InChI=1S/C14H12N4O2/c1-20-14(19)11-4-2-3-10(5-11)8-16-13-6-12(7-15)17-9-18-13/h2-6,9H,8H2,1H3,(H,16,17,18). The van der Waals surface area contributed by atoms with Crippen molar-refractivity contribution in [2.45, 2.75) is 6.54 Å². The van der Waals surface area contributed by atoms with Gasteiger partial charge < -0.3 is 10.1 Å². The fourth-order valence-corrected chi connectivity index (χ4v) is 1.63. The lowest BCUT2D eigenvalue weighted by atomic mass is 10.1. The number of esters is 1. The molecule has 0 atom stereocenters. The Kier molecular flexibility index (Phi) is 4.24. The third-order valence-electron chi connectivity index (χ3n) is 2.60. The third-order valence-corrected chi connectivity index (χ3v) is 2.60. The number of hydrogen-bond acceptors (Lipinski definition) is 6. The number of carbonyl (C=O) groups excluding carboxylic acids is 1. The van der Waals surface area contributed by atoms with Crippen LogP contribution >= 0.6 is 0 Å². The highest BCUT2D eigenvalue weighted by Gasteiger charge is 2.05. The minimum atomic E-state index is -0.374. The smallest absolute Gasteiger partial charge is 0.337 e. The second-order valence-corrected chi connectivity index (χ2v) is 3.95. The number of aromatic nitrogens is 2. The summed E-state index contributed by atoms with van der Waals surface area (Å²) in [5.41, 5.74) is 1.70. The molecule has 0 aliphatic rings. The predicted octanol–water partition coefficient (Wildman–Crippen LogP) is 1.75. The maximum absolute atomic E-state index is 11.4. The highest BCUT2D eigenvalue weighted by molar-refractivity contribution is 5.89. The van der Waals surface area contributed by atoms with E-state index in [4.69, 9.17) is 5.26 Å². The molecule has 0 saturated heterocycles. The highest BCUT2D eigenvalue weighted by atomic mass is 16.5. The van der Waals surface area contributed by atoms with Gasteiger partial charge in [-0.15, -0.1) is 0 Å². The Labute approximate surface area is 116 Å². The number of nitriles is 1. The molecule has 1 aromatic heterocycles. The summed E-state index contributed by atoms with van der Waals surface area (Å²) < 4.78 is 4.67. The van der Waals surface area contributed by atoms with Crippen molar-refractivity contribution in [3.8, 4) is 6.07 Å². The Morgan fingerprint density at radius 1 is 1.40 bits per heavy atom. The zero-order chi connectivity index (χ0) is 14.4. The number of ether oxygens (including phenoxy) is 1. The van der Waals surface area contributed by atoms with E-state index in [1.165, 1.54) is 13.4 Å². The number of carbonyl (C=O) groups is 1. The molecule has 1 heterocycles. The van der Waals surface area contributed by atoms with Gasteiger partial charge in [-0.05, 0) is 17.7 Å². The molecule has 0 saturated carbocycles. The summed E-state index contributed by atoms with van der Waals surface area (Å²) in [5.74, 6) is 0.181. The first-order valence-corrected chi connectivity index (χ1v) is 5.86. The van der Waals surface area contributed by atoms with Gasteiger partial charge in [0.25, 0.3) is 0 Å². The van der Waals surface area contributed by atoms with Crippen LogP contribution in [-0.4, -0.2) is 23.0 Å². The Bertz CT molecular complexity index is 664. The number of nitrogens with one attached hydrogen (secondary N) is 1. The number of benzene rings is 1. The number of anilines is 1. The zero-order valence-corrected chi connectivity index (χ0v) is 10.8. The second kappa shape index (κ2) is 6.29. The summed E-state index contributed by atoms with van der Waals surface area (Å²) in [6, 6.07) is 10.6. The topological polar surface area (TPSA) is 87.9 Å². The van der Waals surface area contributed by atoms with E-state index in [-0.39, 0.29) is 5.97 Å². The Morgan fingerprint density at radius 2 is 2.25 bits per heavy atom. The molecule has 1 aromatic carbocycles. The molecule has 6 heteroatoms. The number of nitrogens with zero attached hydrogens (tertiary/aromatic N) is 3. The van der Waals surface area contributed by atoms with Crippen LogP contribution in [0.25, 0.3) is 0 Å². The summed E-state index contributed by atoms with van der Waals surface area (Å²) >= 11 is 0. The van der Waals surface area contributed by atoms with E-state index in [1.807, 2.05) is 12.1 Å². The lowest BCUT2D eigenvalue weighted by Gasteiger charge is -2.06. The first-order valence-electron chi connectivity index (χ1n) is 5.86. The minimum absolute atomic E-state index is 0.297. The lowest BCUT2D eigenvalue weighted by Crippen LogP contribution is -2.05. The fourth-order valence-electron chi connectivity index (χ4n) is 1.63. The van der Waals surface area contributed by atoms with Crippen molar-refractivity contribution in [3.05, 3.63) is 53.5 Å². The molecular formula is C14H12N4O2. The van der Waals surface area contributed by atoms with Crippen LogP contribution in [0.5, 0.6) is 0 Å². The summed E-state index contributed by atoms with van der Waals surface area (Å²) in [5, 5.41) is 11.8. The summed E-state index contributed by atoms with van der Waals surface area (Å²) in [7, 11) is 1.34. The highest BCUT2D eigenvalue weighted by Crippen LogP contribution is 2.10. The van der Waals surface area contributed by atoms with Gasteiger partial charge in [0.15, 0.2) is 0 Å². The van der Waals surface area contributed by atoms with E-state index in [0.29, 0.717) is 23.6 Å². The predicted molar refractivity (Wildman–Crippen MR) is 71.9 cm³/mol. The van der Waals surface area contributed by atoms with E-state index in [9.17, 15) is 4.79 Å². The molecule has 2 rings (SSSR count). The van der Waals surface area contributed by atoms with Gasteiger partial charge in [-0.1, -0.05) is 12.1 Å². The summed E-state index contributed by atoms with van der Waals surface area (Å²) in [6.07, 6.45) is 1.33. The number of hydrogen-bond donors (Lipinski definition) is 1. The molecule has 100 valence electrons. The maximum Gasteiger partial charge on any atom is 0.337 e. The average Bonchev–Trinajstić information content (AvgIpc) is 2.52. The van der Waals surface area contributed by atoms with Gasteiger partial charge in [0.1, 0.15) is 23.9 Å². The van der Waals surface area contributed by atoms with Gasteiger partial charge in [-0.3, -0.25) is 0 Å². The van der Waals surface area contributed by atoms with Crippen LogP contribution in [0.3, 0.4) is 0 Å². The van der Waals surface area contributed by atoms with E-state index >= 15 is 0 Å². The zero-order valence-electron chi connectivity index (χ0n) is 10.8. The van der Waals surface area contributed by atoms with Crippen molar-refractivity contribution in [1.29, 1.82) is 5.26 Å². The average molecular weight is 268 g/mol. The van der Waals surface area contributed by atoms with Gasteiger partial charge in [-0.25, -0.2) is 14.8 Å². The lowest BCUT2D eigenvalue weighted by molar-refractivity contribution is 0.0600. The fraction of sp³-hybridized carbons (Fsp3) is 0.143. The van der Waals surface area contributed by atoms with E-state index in [0.717, 1.165) is 5.56 Å². The summed E-state index contributed by atoms with van der Waals surface area (Å²) in [4.78, 5) is 19.2. The minimum Gasteiger partial charge on any atom is -0.465 e. The van der Waals surface area contributed by atoms with E-state index in [1.54, 1.807) is 24.3 Å². The van der Waals surface area contributed by atoms with E-state index in [2.05, 4.69) is 20.0 Å². The van der Waals surface area contributed by atoms with Gasteiger partial charge in [0.2, 0.25) is 0 Å². The van der Waals surface area contributed by atoms with Gasteiger partial charge >= 0.3 is 5.97 Å². The molecule has 0 spiro atoms. The van der Waals surface area contributed by atoms with Gasteiger partial charge in [-0.2, -0.15) is 5.26 Å². The van der Waals surface area contributed by atoms with Crippen LogP contribution in [0.4, 0.5) is 5.82 Å². The second-order valence-electron chi connectivity index (χ2n) is 3.95. The molecule has 6 nitrogen and oxygen atoms in total. The SMILES string of the molecule is COC(=O)c1cccc(CNc2cc(C#N)ncn2)c1. The van der Waals surface area contributed by atoms with Crippen molar-refractivity contribution in [2.75, 3.05) is 12.4 Å². The molecule has 0 unspecified atom stereocenters. The van der Waals surface area contributed by atoms with Crippen molar-refractivity contribution in [2.24, 2.45) is 0 Å². The van der Waals surface area contributed by atoms with Crippen molar-refractivity contribution < 1.29 is 9.53 Å². The van der Waals surface area contributed by atoms with Crippen molar-refractivity contribution in [1.82, 2.24) is 9.97 Å². The van der Waals surface area contributed by atoms with Crippen molar-refractivity contribution in [3.63, 3.8) is 0 Å². The number of rotatable bonds is 4. The largest absolute Gasteiger partial charge is 0.465 e. The molecule has 0 radical (unpaired) electrons. The normalized spacial score (nSPS) is 9.60. The van der Waals surface area contributed by atoms with Crippen LogP contribution in [0.2, 0.25) is 0 Å². The summed E-state index contributed by atoms with van der Waals surface area (Å²) in [6.45, 7) is 0.479. The van der Waals surface area contributed by atoms with Crippen LogP contribution < -0.4 is 5.32 Å². The molecule has 0 aliphatic carbocycles. The maximum atomic E-state index is 11.4. The van der Waals surface area contributed by atoms with Crippen LogP contribution in [0.15, 0.2) is 36.7 Å². The van der Waals surface area contributed by atoms with Crippen LogP contribution in [-0.2, 0) is 11.3 Å². The quantitative estimate of drug-likeness (QED) is 0.850. The molecule has 0 amide bonds. The first-order chi connectivity index (χ1) is 9.72. The monoisotopic (exact) mass is 268 g/mol. The molecule has 1 N–H and O–H groups in total. The van der Waals surface area contributed by atoms with Crippen LogP contribution in [0.1, 0.15) is 21.6 Å². The molecule has 0 bridgehead atoms. The van der Waals surface area contributed by atoms with Gasteiger partial charge in [0.05, 0.1) is 12.7 Å². The number of methoxy groups -OCH3 is 1. The molecule has 0 fully saturated rings. The third kappa shape index (κ3) is 3.29. The Hall–Kier alpha value is -2.94. The Balaban J connectivity index is 2.07. The first kappa shape index (κ1) is 13.5. The molecular weight excluding hydrogens is 256 g/mol. The molecule has 0 aliphatic heterocycles. The Morgan fingerprint density at radius 3 is 3.00 bits per heavy atom. The van der Waals surface area contributed by atoms with Gasteiger partial charge in [0, 0.05) is 12.6 Å². The van der Waals surface area contributed by atoms with E-state index < -0.39 is 0 Å². The van der Waals surface area contributed by atoms with Crippen molar-refractivity contribution >= 4 is 11.8 Å². The molecule has 20 heavy (non-hydrogen) atoms. The molecule has 2 aromatic rings.